The fourth-order valence-corrected chi connectivity index (χ4v) is 3.48. The number of aliphatic hydroxyl groups excluding tert-OH is 1. The van der Waals surface area contributed by atoms with Crippen LogP contribution in [0.3, 0.4) is 0 Å². The van der Waals surface area contributed by atoms with E-state index in [-0.39, 0.29) is 58.6 Å². The number of hydrogen-bond donors (Lipinski definition) is 1. The molecule has 3 rings (SSSR count). The lowest BCUT2D eigenvalue weighted by atomic mass is 10.0. The maximum atomic E-state index is 13.6. The van der Waals surface area contributed by atoms with Gasteiger partial charge in [-0.05, 0) is 18.2 Å². The average Bonchev–Trinajstić information content (AvgIpc) is 3.60. The number of rotatable bonds is 11. The Bertz CT molecular complexity index is 1400. The first-order valence-corrected chi connectivity index (χ1v) is 11.9. The molecule has 3 aromatic rings. The molecule has 0 aliphatic rings. The summed E-state index contributed by atoms with van der Waals surface area (Å²) in [5.74, 6) is 2.00. The molecule has 0 amide bonds. The molecular weight excluding hydrogens is 526 g/mol. The Balaban J connectivity index is 0.00000274. The Labute approximate surface area is 230 Å². The summed E-state index contributed by atoms with van der Waals surface area (Å²) in [5, 5.41) is 24.3. The monoisotopic (exact) mass is 555 g/mol. The highest BCUT2D eigenvalue weighted by atomic mass is 16.7. The zero-order valence-corrected chi connectivity index (χ0v) is 22.6. The molecule has 1 N–H and O–H groups in total. The number of carbonyl (C=O) groups is 2. The number of aliphatic hydroxyl groups is 1. The highest BCUT2D eigenvalue weighted by Crippen LogP contribution is 2.39. The molecule has 2 aromatic heterocycles. The van der Waals surface area contributed by atoms with Gasteiger partial charge in [0.1, 0.15) is 16.4 Å². The highest BCUT2D eigenvalue weighted by molar-refractivity contribution is 6.11. The van der Waals surface area contributed by atoms with Gasteiger partial charge in [0.2, 0.25) is 11.5 Å². The first-order chi connectivity index (χ1) is 19.3. The van der Waals surface area contributed by atoms with Gasteiger partial charge in [0.25, 0.3) is 0 Å². The quantitative estimate of drug-likeness (QED) is 0.157. The molecule has 13 heteroatoms. The van der Waals surface area contributed by atoms with Crippen LogP contribution in [0.5, 0.6) is 17.2 Å². The maximum absolute atomic E-state index is 13.6. The molecule has 0 spiro atoms. The van der Waals surface area contributed by atoms with Gasteiger partial charge in [-0.1, -0.05) is 26.0 Å². The third-order valence-electron chi connectivity index (χ3n) is 5.16. The highest BCUT2D eigenvalue weighted by Gasteiger charge is 2.28. The van der Waals surface area contributed by atoms with Crippen LogP contribution in [-0.2, 0) is 17.8 Å². The number of furan rings is 1. The zero-order chi connectivity index (χ0) is 29.8. The van der Waals surface area contributed by atoms with E-state index in [1.165, 1.54) is 51.7 Å². The molecular formula is C27H29N3O10. The number of ketones is 1. The van der Waals surface area contributed by atoms with Crippen molar-refractivity contribution in [2.45, 2.75) is 26.9 Å². The number of hydrogen-bond acceptors (Lipinski definition) is 11. The van der Waals surface area contributed by atoms with Gasteiger partial charge in [0.15, 0.2) is 18.1 Å². The van der Waals surface area contributed by atoms with E-state index in [0.717, 1.165) is 10.7 Å². The molecule has 0 atom stereocenters. The molecule has 0 bridgehead atoms. The van der Waals surface area contributed by atoms with E-state index in [4.69, 9.17) is 29.8 Å². The Kier molecular flexibility index (Phi) is 11.5. The van der Waals surface area contributed by atoms with E-state index in [0.29, 0.717) is 0 Å². The molecule has 40 heavy (non-hydrogen) atoms. The van der Waals surface area contributed by atoms with Gasteiger partial charge in [-0.15, -0.1) is 12.3 Å². The lowest BCUT2D eigenvalue weighted by Crippen LogP contribution is -2.18. The summed E-state index contributed by atoms with van der Waals surface area (Å²) in [7, 11) is 4.20. The van der Waals surface area contributed by atoms with Crippen LogP contribution in [0.4, 0.5) is 10.7 Å². The van der Waals surface area contributed by atoms with E-state index in [2.05, 4.69) is 11.0 Å². The summed E-state index contributed by atoms with van der Waals surface area (Å²) >= 11 is 0. The van der Waals surface area contributed by atoms with Crippen LogP contribution in [0.1, 0.15) is 46.9 Å². The van der Waals surface area contributed by atoms with E-state index >= 15 is 0 Å². The van der Waals surface area contributed by atoms with Gasteiger partial charge < -0.3 is 28.5 Å². The molecule has 0 saturated heterocycles. The Morgan fingerprint density at radius 1 is 1.18 bits per heavy atom. The van der Waals surface area contributed by atoms with E-state index in [1.54, 1.807) is 0 Å². The Morgan fingerprint density at radius 2 is 1.82 bits per heavy atom. The zero-order valence-electron chi connectivity index (χ0n) is 22.6. The van der Waals surface area contributed by atoms with Crippen molar-refractivity contribution < 1.29 is 43.0 Å². The standard InChI is InChI=1S/C25H23N3O10.C2H6/c1-5-7-18-17(8-6-11-29)22(23(30)15-12-19(34-2)24(36-4)20(13-15)35-3)26-27(18)25(31)37-14-16-9-10-21(38-16)28(32)33;1-2/h1,6,8-10,12-13,29H,7,11,14H2,2-4H3;1-2H3/b8-6-;. The van der Waals surface area contributed by atoms with Crippen molar-refractivity contribution in [2.75, 3.05) is 27.9 Å². The second kappa shape index (κ2) is 14.7. The number of nitro groups is 1. The molecule has 2 heterocycles. The minimum absolute atomic E-state index is 0.0184. The molecule has 0 unspecified atom stereocenters. The second-order valence-corrected chi connectivity index (χ2v) is 7.38. The van der Waals surface area contributed by atoms with Gasteiger partial charge in [0, 0.05) is 11.1 Å². The molecule has 0 aliphatic carbocycles. The summed E-state index contributed by atoms with van der Waals surface area (Å²) in [6.45, 7) is 3.19. The molecule has 0 radical (unpaired) electrons. The summed E-state index contributed by atoms with van der Waals surface area (Å²) in [5.41, 5.74) is 0.260. The third kappa shape index (κ3) is 6.86. The van der Waals surface area contributed by atoms with Gasteiger partial charge in [-0.2, -0.15) is 9.78 Å². The van der Waals surface area contributed by atoms with Crippen LogP contribution >= 0.6 is 0 Å². The first kappa shape index (κ1) is 31.1. The first-order valence-electron chi connectivity index (χ1n) is 11.9. The fraction of sp³-hybridized carbons (Fsp3) is 0.296. The summed E-state index contributed by atoms with van der Waals surface area (Å²) in [6, 6.07) is 5.24. The van der Waals surface area contributed by atoms with Gasteiger partial charge in [0.05, 0.1) is 46.1 Å². The van der Waals surface area contributed by atoms with E-state index in [1.807, 2.05) is 13.8 Å². The van der Waals surface area contributed by atoms with Crippen molar-refractivity contribution in [2.24, 2.45) is 0 Å². The van der Waals surface area contributed by atoms with Crippen LogP contribution in [-0.4, -0.2) is 59.6 Å². The number of terminal acetylenes is 1. The number of methoxy groups -OCH3 is 3. The molecule has 0 aliphatic heterocycles. The largest absolute Gasteiger partial charge is 0.493 e. The minimum atomic E-state index is -1.02. The van der Waals surface area contributed by atoms with Crippen LogP contribution in [0.25, 0.3) is 6.08 Å². The van der Waals surface area contributed by atoms with Crippen molar-refractivity contribution in [1.82, 2.24) is 9.78 Å². The van der Waals surface area contributed by atoms with Gasteiger partial charge in [-0.3, -0.25) is 14.9 Å². The predicted molar refractivity (Wildman–Crippen MR) is 143 cm³/mol. The SMILES string of the molecule is C#CCc1c(/C=C\CO)c(C(=O)c2cc(OC)c(OC)c(OC)c2)nn1C(=O)OCc1ccc([N+](=O)[O-])o1.CC. The maximum Gasteiger partial charge on any atom is 0.435 e. The number of aromatic nitrogens is 2. The Hall–Kier alpha value is -5.09. The van der Waals surface area contributed by atoms with Crippen LogP contribution < -0.4 is 14.2 Å². The number of benzene rings is 1. The third-order valence-corrected chi connectivity index (χ3v) is 5.16. The smallest absolute Gasteiger partial charge is 0.435 e. The van der Waals surface area contributed by atoms with E-state index < -0.39 is 29.3 Å². The average molecular weight is 556 g/mol. The number of carbonyl (C=O) groups excluding carboxylic acids is 2. The molecule has 1 aromatic carbocycles. The summed E-state index contributed by atoms with van der Waals surface area (Å²) < 4.78 is 26.9. The lowest BCUT2D eigenvalue weighted by molar-refractivity contribution is -0.402. The lowest BCUT2D eigenvalue weighted by Gasteiger charge is -2.13. The summed E-state index contributed by atoms with van der Waals surface area (Å²) in [6.07, 6.45) is 7.12. The number of nitrogens with zero attached hydrogens (tertiary/aromatic N) is 3. The predicted octanol–water partition coefficient (Wildman–Crippen LogP) is 4.03. The van der Waals surface area contributed by atoms with E-state index in [9.17, 15) is 24.8 Å². The molecule has 13 nitrogen and oxygen atoms in total. The van der Waals surface area contributed by atoms with Crippen molar-refractivity contribution >= 4 is 23.8 Å². The second-order valence-electron chi connectivity index (χ2n) is 7.38. The number of ether oxygens (including phenoxy) is 4. The van der Waals surface area contributed by atoms with Crippen LogP contribution in [0, 0.1) is 22.5 Å². The van der Waals surface area contributed by atoms with Crippen LogP contribution in [0.2, 0.25) is 0 Å². The van der Waals surface area contributed by atoms with Crippen molar-refractivity contribution in [3.05, 3.63) is 68.7 Å². The van der Waals surface area contributed by atoms with Gasteiger partial charge in [-0.25, -0.2) is 4.79 Å². The Morgan fingerprint density at radius 3 is 2.33 bits per heavy atom. The van der Waals surface area contributed by atoms with Gasteiger partial charge >= 0.3 is 12.0 Å². The van der Waals surface area contributed by atoms with Crippen molar-refractivity contribution in [3.63, 3.8) is 0 Å². The fourth-order valence-electron chi connectivity index (χ4n) is 3.48. The van der Waals surface area contributed by atoms with Crippen molar-refractivity contribution in [1.29, 1.82) is 0 Å². The minimum Gasteiger partial charge on any atom is -0.493 e. The van der Waals surface area contributed by atoms with Crippen LogP contribution in [0.15, 0.2) is 34.8 Å². The molecule has 212 valence electrons. The normalized spacial score (nSPS) is 10.3. The molecule has 0 saturated carbocycles. The van der Waals surface area contributed by atoms with Crippen molar-refractivity contribution in [3.8, 4) is 29.6 Å². The molecule has 0 fully saturated rings. The summed E-state index contributed by atoms with van der Waals surface area (Å²) in [4.78, 5) is 36.6. The topological polar surface area (TPSA) is 165 Å².